The van der Waals surface area contributed by atoms with Crippen LogP contribution in [0.5, 0.6) is 0 Å². The van der Waals surface area contributed by atoms with Crippen LogP contribution in [0.3, 0.4) is 0 Å². The van der Waals surface area contributed by atoms with Crippen LogP contribution in [0, 0.1) is 0 Å². The van der Waals surface area contributed by atoms with E-state index in [0.29, 0.717) is 5.69 Å². The fourth-order valence-electron chi connectivity index (χ4n) is 1.91. The van der Waals surface area contributed by atoms with E-state index in [4.69, 9.17) is 10.5 Å². The lowest BCUT2D eigenvalue weighted by Crippen LogP contribution is -2.27. The number of anilines is 2. The molecule has 0 atom stereocenters. The summed E-state index contributed by atoms with van der Waals surface area (Å²) in [5.74, 6) is 0. The monoisotopic (exact) mass is 284 g/mol. The number of carbonyl (C=O) groups is 1. The lowest BCUT2D eigenvalue weighted by molar-refractivity contribution is 0.0636. The van der Waals surface area contributed by atoms with Crippen molar-refractivity contribution in [3.05, 3.63) is 48.5 Å². The maximum atomic E-state index is 11.7. The van der Waals surface area contributed by atoms with E-state index in [0.717, 1.165) is 16.8 Å². The number of amides is 1. The SMILES string of the molecule is CC(C)(C)OC(=O)Nc1ccc(-c2ccccc2N)cc1. The highest BCUT2D eigenvalue weighted by Gasteiger charge is 2.16. The summed E-state index contributed by atoms with van der Waals surface area (Å²) in [5.41, 5.74) is 8.83. The molecule has 0 saturated heterocycles. The zero-order chi connectivity index (χ0) is 15.5. The van der Waals surface area contributed by atoms with Crippen LogP contribution in [-0.4, -0.2) is 11.7 Å². The van der Waals surface area contributed by atoms with Crippen molar-refractivity contribution in [1.29, 1.82) is 0 Å². The molecule has 0 unspecified atom stereocenters. The summed E-state index contributed by atoms with van der Waals surface area (Å²) in [6, 6.07) is 15.2. The molecule has 1 amide bonds. The van der Waals surface area contributed by atoms with E-state index in [-0.39, 0.29) is 0 Å². The van der Waals surface area contributed by atoms with Gasteiger partial charge in [-0.15, -0.1) is 0 Å². The summed E-state index contributed by atoms with van der Waals surface area (Å²) < 4.78 is 5.21. The molecule has 0 aromatic heterocycles. The number of benzene rings is 2. The van der Waals surface area contributed by atoms with E-state index >= 15 is 0 Å². The van der Waals surface area contributed by atoms with E-state index in [1.54, 1.807) is 0 Å². The number of hydrogen-bond donors (Lipinski definition) is 2. The zero-order valence-electron chi connectivity index (χ0n) is 12.5. The predicted octanol–water partition coefficient (Wildman–Crippen LogP) is 4.28. The third-order valence-electron chi connectivity index (χ3n) is 2.80. The second-order valence-electron chi connectivity index (χ2n) is 5.79. The molecule has 4 nitrogen and oxygen atoms in total. The number of hydrogen-bond acceptors (Lipinski definition) is 3. The van der Waals surface area contributed by atoms with Crippen LogP contribution < -0.4 is 11.1 Å². The van der Waals surface area contributed by atoms with Gasteiger partial charge in [-0.3, -0.25) is 5.32 Å². The maximum absolute atomic E-state index is 11.7. The average Bonchev–Trinajstić information content (AvgIpc) is 2.38. The van der Waals surface area contributed by atoms with Crippen LogP contribution in [0.15, 0.2) is 48.5 Å². The Morgan fingerprint density at radius 1 is 1.05 bits per heavy atom. The highest BCUT2D eigenvalue weighted by atomic mass is 16.6. The van der Waals surface area contributed by atoms with Crippen LogP contribution in [0.4, 0.5) is 16.2 Å². The first-order valence-corrected chi connectivity index (χ1v) is 6.80. The van der Waals surface area contributed by atoms with Gasteiger partial charge in [-0.1, -0.05) is 30.3 Å². The van der Waals surface area contributed by atoms with E-state index in [9.17, 15) is 4.79 Å². The van der Waals surface area contributed by atoms with Gasteiger partial charge in [-0.2, -0.15) is 0 Å². The molecule has 3 N–H and O–H groups in total. The molecule has 0 bridgehead atoms. The van der Waals surface area contributed by atoms with E-state index in [1.165, 1.54) is 0 Å². The second kappa shape index (κ2) is 5.87. The molecular formula is C17H20N2O2. The minimum Gasteiger partial charge on any atom is -0.444 e. The van der Waals surface area contributed by atoms with Gasteiger partial charge >= 0.3 is 6.09 Å². The maximum Gasteiger partial charge on any atom is 0.412 e. The lowest BCUT2D eigenvalue weighted by Gasteiger charge is -2.19. The van der Waals surface area contributed by atoms with Crippen LogP contribution >= 0.6 is 0 Å². The minimum atomic E-state index is -0.511. The van der Waals surface area contributed by atoms with Gasteiger partial charge in [0.2, 0.25) is 0 Å². The number of para-hydroxylation sites is 1. The third-order valence-corrected chi connectivity index (χ3v) is 2.80. The Balaban J connectivity index is 2.10. The van der Waals surface area contributed by atoms with Crippen LogP contribution in [0.25, 0.3) is 11.1 Å². The number of nitrogens with two attached hydrogens (primary N) is 1. The Morgan fingerprint density at radius 2 is 1.67 bits per heavy atom. The smallest absolute Gasteiger partial charge is 0.412 e. The second-order valence-corrected chi connectivity index (χ2v) is 5.79. The van der Waals surface area contributed by atoms with Crippen molar-refractivity contribution in [2.45, 2.75) is 26.4 Å². The number of rotatable bonds is 2. The van der Waals surface area contributed by atoms with Crippen molar-refractivity contribution in [3.63, 3.8) is 0 Å². The van der Waals surface area contributed by atoms with Gasteiger partial charge in [0.05, 0.1) is 0 Å². The van der Waals surface area contributed by atoms with Gasteiger partial charge < -0.3 is 10.5 Å². The van der Waals surface area contributed by atoms with Gasteiger partial charge in [0.15, 0.2) is 0 Å². The van der Waals surface area contributed by atoms with Gasteiger partial charge in [0, 0.05) is 16.9 Å². The van der Waals surface area contributed by atoms with Gasteiger partial charge in [0.25, 0.3) is 0 Å². The van der Waals surface area contributed by atoms with E-state index in [1.807, 2.05) is 69.3 Å². The van der Waals surface area contributed by atoms with E-state index in [2.05, 4.69) is 5.32 Å². The third kappa shape index (κ3) is 4.24. The summed E-state index contributed by atoms with van der Waals surface area (Å²) >= 11 is 0. The fraction of sp³-hybridized carbons (Fsp3) is 0.235. The molecule has 0 aliphatic rings. The Kier molecular flexibility index (Phi) is 4.17. The van der Waals surface area contributed by atoms with E-state index < -0.39 is 11.7 Å². The van der Waals surface area contributed by atoms with Crippen LogP contribution in [0.2, 0.25) is 0 Å². The first-order valence-electron chi connectivity index (χ1n) is 6.80. The zero-order valence-corrected chi connectivity index (χ0v) is 12.5. The van der Waals surface area contributed by atoms with Gasteiger partial charge in [-0.25, -0.2) is 4.79 Å². The largest absolute Gasteiger partial charge is 0.444 e. The van der Waals surface area contributed by atoms with Gasteiger partial charge in [-0.05, 0) is 44.5 Å². The highest BCUT2D eigenvalue weighted by Crippen LogP contribution is 2.26. The fourth-order valence-corrected chi connectivity index (χ4v) is 1.91. The summed E-state index contributed by atoms with van der Waals surface area (Å²) in [4.78, 5) is 11.7. The molecule has 2 aromatic carbocycles. The Bertz CT molecular complexity index is 628. The molecule has 2 rings (SSSR count). The molecular weight excluding hydrogens is 264 g/mol. The van der Waals surface area contributed by atoms with Crippen molar-refractivity contribution in [3.8, 4) is 11.1 Å². The minimum absolute atomic E-state index is 0.463. The number of nitrogen functional groups attached to an aromatic ring is 1. The highest BCUT2D eigenvalue weighted by molar-refractivity contribution is 5.86. The summed E-state index contributed by atoms with van der Waals surface area (Å²) in [5, 5.41) is 2.70. The Hall–Kier alpha value is -2.49. The van der Waals surface area contributed by atoms with Crippen molar-refractivity contribution in [1.82, 2.24) is 0 Å². The normalized spacial score (nSPS) is 11.0. The number of carbonyl (C=O) groups excluding carboxylic acids is 1. The molecule has 0 heterocycles. The van der Waals surface area contributed by atoms with Crippen LogP contribution in [-0.2, 0) is 4.74 Å². The molecule has 0 aliphatic carbocycles. The molecule has 0 spiro atoms. The molecule has 0 aliphatic heterocycles. The standard InChI is InChI=1S/C17H20N2O2/c1-17(2,3)21-16(20)19-13-10-8-12(9-11-13)14-6-4-5-7-15(14)18/h4-11H,18H2,1-3H3,(H,19,20). The number of ether oxygens (including phenoxy) is 1. The van der Waals surface area contributed by atoms with Gasteiger partial charge in [0.1, 0.15) is 5.60 Å². The Morgan fingerprint density at radius 3 is 2.24 bits per heavy atom. The molecule has 0 saturated carbocycles. The molecule has 2 aromatic rings. The number of nitrogens with one attached hydrogen (secondary N) is 1. The topological polar surface area (TPSA) is 64.3 Å². The first-order chi connectivity index (χ1) is 9.85. The van der Waals surface area contributed by atoms with Crippen molar-refractivity contribution in [2.24, 2.45) is 0 Å². The predicted molar refractivity (Wildman–Crippen MR) is 86.1 cm³/mol. The van der Waals surface area contributed by atoms with Crippen molar-refractivity contribution < 1.29 is 9.53 Å². The van der Waals surface area contributed by atoms with Crippen molar-refractivity contribution in [2.75, 3.05) is 11.1 Å². The molecule has 21 heavy (non-hydrogen) atoms. The molecule has 0 radical (unpaired) electrons. The summed E-state index contributed by atoms with van der Waals surface area (Å²) in [6.07, 6.45) is -0.463. The molecule has 0 fully saturated rings. The molecule has 110 valence electrons. The average molecular weight is 284 g/mol. The summed E-state index contributed by atoms with van der Waals surface area (Å²) in [7, 11) is 0. The van der Waals surface area contributed by atoms with Crippen LogP contribution in [0.1, 0.15) is 20.8 Å². The summed E-state index contributed by atoms with van der Waals surface area (Å²) in [6.45, 7) is 5.48. The Labute approximate surface area is 124 Å². The first kappa shape index (κ1) is 14.9. The lowest BCUT2D eigenvalue weighted by atomic mass is 10.0. The quantitative estimate of drug-likeness (QED) is 0.809. The van der Waals surface area contributed by atoms with Crippen molar-refractivity contribution >= 4 is 17.5 Å². The molecule has 4 heteroatoms.